The van der Waals surface area contributed by atoms with Gasteiger partial charge in [-0.2, -0.15) is 0 Å². The number of esters is 3. The molecule has 2 aliphatic heterocycles. The summed E-state index contributed by atoms with van der Waals surface area (Å²) >= 11 is 0. The number of aromatic hydroxyl groups is 1. The van der Waals surface area contributed by atoms with Gasteiger partial charge in [0.2, 0.25) is 6.10 Å². The third kappa shape index (κ3) is 4.74. The van der Waals surface area contributed by atoms with Crippen LogP contribution in [0.2, 0.25) is 0 Å². The SMILES string of the molecule is C[C@H](OC(=O)[C@H](O)[C@@H](O)C(=O)OC1=CC[C@@]2(O)[C@H]3Cc4ccc(O)c5c4[C@@]2(CCN3C)[C@H]1O5)C(=O)O[C@@H](CC(=O)O)C(=O)O. The van der Waals surface area contributed by atoms with Gasteiger partial charge < -0.3 is 54.5 Å². The molecule has 0 unspecified atom stereocenters. The fraction of sp³-hybridized carbons (Fsp3) is 0.536. The normalized spacial score (nSPS) is 29.1. The molecule has 2 aliphatic carbocycles. The molecule has 0 aromatic heterocycles. The molecule has 1 aromatic carbocycles. The summed E-state index contributed by atoms with van der Waals surface area (Å²) in [5, 5.41) is 61.2. The number of phenols is 1. The number of likely N-dealkylation sites (N-methyl/N-ethyl adjacent to an activating group) is 1. The second-order valence-corrected chi connectivity index (χ2v) is 11.4. The Morgan fingerprint density at radius 1 is 1.07 bits per heavy atom. The number of hydrogen-bond donors (Lipinski definition) is 6. The van der Waals surface area contributed by atoms with Gasteiger partial charge in [-0.15, -0.1) is 0 Å². The highest BCUT2D eigenvalue weighted by Gasteiger charge is 2.72. The van der Waals surface area contributed by atoms with Crippen molar-refractivity contribution in [2.24, 2.45) is 0 Å². The van der Waals surface area contributed by atoms with E-state index in [1.807, 2.05) is 11.9 Å². The van der Waals surface area contributed by atoms with Crippen LogP contribution in [0.25, 0.3) is 0 Å². The average Bonchev–Trinajstić information content (AvgIpc) is 3.32. The number of aliphatic carboxylic acids is 2. The zero-order chi connectivity index (χ0) is 32.3. The van der Waals surface area contributed by atoms with E-state index in [1.165, 1.54) is 12.1 Å². The summed E-state index contributed by atoms with van der Waals surface area (Å²) in [6, 6.07) is 2.92. The first-order valence-electron chi connectivity index (χ1n) is 13.7. The van der Waals surface area contributed by atoms with Crippen LogP contribution >= 0.6 is 0 Å². The van der Waals surface area contributed by atoms with E-state index >= 15 is 0 Å². The number of carbonyl (C=O) groups is 5. The largest absolute Gasteiger partial charge is 0.504 e. The topological polar surface area (TPSA) is 247 Å². The van der Waals surface area contributed by atoms with Gasteiger partial charge in [0.25, 0.3) is 0 Å². The van der Waals surface area contributed by atoms with Crippen molar-refractivity contribution < 1.29 is 73.6 Å². The number of likely N-dealkylation sites (tertiary alicyclic amines) is 1. The lowest BCUT2D eigenvalue weighted by molar-refractivity contribution is -0.186. The van der Waals surface area contributed by atoms with Gasteiger partial charge in [-0.1, -0.05) is 6.07 Å². The number of piperidine rings is 1. The smallest absolute Gasteiger partial charge is 0.348 e. The molecule has 1 aromatic rings. The summed E-state index contributed by atoms with van der Waals surface area (Å²) in [4.78, 5) is 61.4. The number of nitrogens with zero attached hydrogens (tertiary/aromatic N) is 1. The number of phenolic OH excluding ortho intramolecular Hbond substituents is 1. The van der Waals surface area contributed by atoms with E-state index in [-0.39, 0.29) is 29.7 Å². The second kappa shape index (κ2) is 11.0. The van der Waals surface area contributed by atoms with E-state index in [1.54, 1.807) is 6.07 Å². The summed E-state index contributed by atoms with van der Waals surface area (Å²) in [5.41, 5.74) is -0.987. The molecule has 238 valence electrons. The molecule has 2 bridgehead atoms. The van der Waals surface area contributed by atoms with E-state index in [9.17, 15) is 44.4 Å². The Labute approximate surface area is 249 Å². The van der Waals surface area contributed by atoms with Crippen LogP contribution in [0.15, 0.2) is 24.0 Å². The monoisotopic (exact) mass is 621 g/mol. The number of benzene rings is 1. The first-order valence-corrected chi connectivity index (χ1v) is 13.7. The first kappa shape index (κ1) is 31.2. The molecule has 8 atom stereocenters. The van der Waals surface area contributed by atoms with Crippen LogP contribution in [0.4, 0.5) is 0 Å². The molecule has 16 heteroatoms. The van der Waals surface area contributed by atoms with Gasteiger partial charge in [0.15, 0.2) is 35.9 Å². The van der Waals surface area contributed by atoms with Crippen LogP contribution < -0.4 is 4.74 Å². The Bertz CT molecular complexity index is 1460. The number of ether oxygens (including phenoxy) is 4. The number of carboxylic acids is 2. The van der Waals surface area contributed by atoms with Crippen molar-refractivity contribution in [2.45, 2.75) is 80.2 Å². The van der Waals surface area contributed by atoms with Crippen molar-refractivity contribution in [3.63, 3.8) is 0 Å². The maximum Gasteiger partial charge on any atom is 0.348 e. The van der Waals surface area contributed by atoms with Crippen LogP contribution in [0.1, 0.15) is 37.3 Å². The summed E-state index contributed by atoms with van der Waals surface area (Å²) in [5.74, 6) is -8.09. The molecule has 44 heavy (non-hydrogen) atoms. The first-order chi connectivity index (χ1) is 20.6. The van der Waals surface area contributed by atoms with Crippen LogP contribution in [-0.4, -0.2) is 121 Å². The summed E-state index contributed by atoms with van der Waals surface area (Å²) < 4.78 is 20.7. The molecule has 2 heterocycles. The number of hydrogen-bond acceptors (Lipinski definition) is 14. The van der Waals surface area contributed by atoms with E-state index in [0.717, 1.165) is 12.5 Å². The molecule has 1 saturated heterocycles. The van der Waals surface area contributed by atoms with Gasteiger partial charge in [0.1, 0.15) is 5.76 Å². The zero-order valence-electron chi connectivity index (χ0n) is 23.5. The quantitative estimate of drug-likeness (QED) is 0.126. The third-order valence-electron chi connectivity index (χ3n) is 8.87. The molecule has 5 rings (SSSR count). The van der Waals surface area contributed by atoms with Crippen molar-refractivity contribution in [1.82, 2.24) is 4.90 Å². The fourth-order valence-electron chi connectivity index (χ4n) is 6.74. The second-order valence-electron chi connectivity index (χ2n) is 11.4. The highest BCUT2D eigenvalue weighted by Crippen LogP contribution is 2.65. The van der Waals surface area contributed by atoms with Crippen molar-refractivity contribution in [3.05, 3.63) is 35.1 Å². The summed E-state index contributed by atoms with van der Waals surface area (Å²) in [7, 11) is 1.89. The van der Waals surface area contributed by atoms with Gasteiger partial charge >= 0.3 is 29.8 Å². The molecule has 6 N–H and O–H groups in total. The highest BCUT2D eigenvalue weighted by molar-refractivity contribution is 5.88. The maximum absolute atomic E-state index is 12.9. The zero-order valence-corrected chi connectivity index (χ0v) is 23.5. The predicted molar refractivity (Wildman–Crippen MR) is 140 cm³/mol. The number of carboxylic acid groups (broad SMARTS) is 2. The number of aliphatic hydroxyl groups excluding tert-OH is 2. The minimum absolute atomic E-state index is 0.0263. The van der Waals surface area contributed by atoms with Crippen LogP contribution in [-0.2, 0) is 50.0 Å². The molecule has 4 aliphatic rings. The Hall–Kier alpha value is -4.25. The number of rotatable bonds is 10. The fourth-order valence-corrected chi connectivity index (χ4v) is 6.74. The van der Waals surface area contributed by atoms with Crippen molar-refractivity contribution in [1.29, 1.82) is 0 Å². The van der Waals surface area contributed by atoms with E-state index in [2.05, 4.69) is 9.47 Å². The number of aliphatic hydroxyl groups is 3. The molecular weight excluding hydrogens is 590 g/mol. The minimum atomic E-state index is -2.56. The molecular formula is C28H31NO15. The Balaban J connectivity index is 1.29. The molecule has 1 fully saturated rings. The standard InChI is InChI=1S/C28H31NO15/c1-11(24(37)43-15(23(35)36)10-17(31)32)41-25(38)19(33)20(34)26(39)42-14-5-6-28(40)16-9-12-3-4-13(30)21-18(12)27(28,22(14)44-21)7-8-29(16)2/h3-5,11,15-16,19-20,22,30,33-34,40H,6-10H2,1-2H3,(H,31,32)(H,35,36)/t11-,15-,16+,19+,20+,22-,27-,28+/m0/s1. The van der Waals surface area contributed by atoms with Crippen LogP contribution in [0.5, 0.6) is 11.5 Å². The third-order valence-corrected chi connectivity index (χ3v) is 8.87. The van der Waals surface area contributed by atoms with Gasteiger partial charge in [0, 0.05) is 18.0 Å². The van der Waals surface area contributed by atoms with Crippen molar-refractivity contribution >= 4 is 29.8 Å². The van der Waals surface area contributed by atoms with E-state index < -0.39 is 77.8 Å². The lowest BCUT2D eigenvalue weighted by Crippen LogP contribution is -2.74. The Kier molecular flexibility index (Phi) is 7.82. The van der Waals surface area contributed by atoms with E-state index in [4.69, 9.17) is 19.7 Å². The molecule has 0 saturated carbocycles. The van der Waals surface area contributed by atoms with Gasteiger partial charge in [-0.25, -0.2) is 19.2 Å². The lowest BCUT2D eigenvalue weighted by atomic mass is 9.50. The molecule has 0 radical (unpaired) electrons. The number of carbonyl (C=O) groups excluding carboxylic acids is 3. The lowest BCUT2D eigenvalue weighted by Gasteiger charge is -2.61. The van der Waals surface area contributed by atoms with Crippen molar-refractivity contribution in [2.75, 3.05) is 13.6 Å². The molecule has 16 nitrogen and oxygen atoms in total. The van der Waals surface area contributed by atoms with Crippen molar-refractivity contribution in [3.8, 4) is 11.5 Å². The van der Waals surface area contributed by atoms with Gasteiger partial charge in [-0.05, 0) is 51.1 Å². The highest BCUT2D eigenvalue weighted by atomic mass is 16.6. The maximum atomic E-state index is 12.9. The van der Waals surface area contributed by atoms with Crippen LogP contribution in [0.3, 0.4) is 0 Å². The predicted octanol–water partition coefficient (Wildman–Crippen LogP) is -1.66. The van der Waals surface area contributed by atoms with Gasteiger partial charge in [-0.3, -0.25) is 4.79 Å². The van der Waals surface area contributed by atoms with E-state index in [0.29, 0.717) is 24.9 Å². The summed E-state index contributed by atoms with van der Waals surface area (Å²) in [6.45, 7) is 1.49. The summed E-state index contributed by atoms with van der Waals surface area (Å²) in [6.07, 6.45) is -8.88. The molecule has 0 amide bonds. The average molecular weight is 622 g/mol. The Morgan fingerprint density at radius 2 is 1.75 bits per heavy atom. The Morgan fingerprint density at radius 3 is 2.41 bits per heavy atom. The molecule has 1 spiro atoms. The van der Waals surface area contributed by atoms with Crippen LogP contribution in [0, 0.1) is 0 Å². The minimum Gasteiger partial charge on any atom is -0.504 e. The van der Waals surface area contributed by atoms with Gasteiger partial charge in [0.05, 0.1) is 17.4 Å².